The number of nitrogens with one attached hydrogen (secondary N) is 1. The molecule has 0 aliphatic rings. The quantitative estimate of drug-likeness (QED) is 0.878. The number of halogens is 4. The number of para-hydroxylation sites is 1. The van der Waals surface area contributed by atoms with Crippen LogP contribution in [0.5, 0.6) is 0 Å². The van der Waals surface area contributed by atoms with E-state index in [-0.39, 0.29) is 36.0 Å². The molecule has 1 aromatic carbocycles. The molecule has 1 amide bonds. The summed E-state index contributed by atoms with van der Waals surface area (Å²) in [7, 11) is 0. The third kappa shape index (κ3) is 7.03. The highest BCUT2D eigenvalue weighted by Crippen LogP contribution is 2.26. The Morgan fingerprint density at radius 3 is 2.47 bits per heavy atom. The number of hydrogen-bond donors (Lipinski definition) is 2. The van der Waals surface area contributed by atoms with E-state index in [2.05, 4.69) is 5.32 Å². The van der Waals surface area contributed by atoms with Crippen LogP contribution in [0.3, 0.4) is 0 Å². The Kier molecular flexibility index (Phi) is 7.48. The summed E-state index contributed by atoms with van der Waals surface area (Å²) in [5.74, 6) is -0.324. The number of alkyl halides is 3. The SMILES string of the molecule is Cl.NCCCC(=O)Nc1ccccc1CC(F)(F)F. The van der Waals surface area contributed by atoms with Gasteiger partial charge >= 0.3 is 6.18 Å². The second kappa shape index (κ2) is 8.01. The maximum Gasteiger partial charge on any atom is 0.393 e. The van der Waals surface area contributed by atoms with Gasteiger partial charge in [-0.15, -0.1) is 12.4 Å². The highest BCUT2D eigenvalue weighted by molar-refractivity contribution is 5.91. The van der Waals surface area contributed by atoms with Crippen molar-refractivity contribution >= 4 is 24.0 Å². The van der Waals surface area contributed by atoms with Crippen LogP contribution in [0.15, 0.2) is 24.3 Å². The monoisotopic (exact) mass is 296 g/mol. The molecule has 0 aromatic heterocycles. The van der Waals surface area contributed by atoms with Gasteiger partial charge < -0.3 is 11.1 Å². The zero-order valence-electron chi connectivity index (χ0n) is 10.2. The van der Waals surface area contributed by atoms with Crippen LogP contribution in [-0.4, -0.2) is 18.6 Å². The van der Waals surface area contributed by atoms with Gasteiger partial charge in [-0.25, -0.2) is 0 Å². The average Bonchev–Trinajstić information content (AvgIpc) is 2.27. The van der Waals surface area contributed by atoms with Crippen molar-refractivity contribution in [2.24, 2.45) is 5.73 Å². The molecule has 3 nitrogen and oxygen atoms in total. The lowest BCUT2D eigenvalue weighted by molar-refractivity contribution is -0.127. The average molecular weight is 297 g/mol. The molecule has 0 aliphatic heterocycles. The Bertz CT molecular complexity index is 410. The molecule has 7 heteroatoms. The predicted octanol–water partition coefficient (Wildman–Crippen LogP) is 2.89. The first-order valence-corrected chi connectivity index (χ1v) is 5.57. The van der Waals surface area contributed by atoms with E-state index in [1.54, 1.807) is 6.07 Å². The lowest BCUT2D eigenvalue weighted by Crippen LogP contribution is -2.17. The zero-order valence-corrected chi connectivity index (χ0v) is 11.0. The van der Waals surface area contributed by atoms with E-state index in [1.165, 1.54) is 18.2 Å². The highest BCUT2D eigenvalue weighted by Gasteiger charge is 2.28. The molecule has 0 spiro atoms. The van der Waals surface area contributed by atoms with E-state index in [0.29, 0.717) is 13.0 Å². The fourth-order valence-electron chi connectivity index (χ4n) is 1.49. The summed E-state index contributed by atoms with van der Waals surface area (Å²) in [5.41, 5.74) is 5.52. The van der Waals surface area contributed by atoms with Crippen LogP contribution in [0.25, 0.3) is 0 Å². The van der Waals surface area contributed by atoms with Gasteiger partial charge in [0.15, 0.2) is 0 Å². The van der Waals surface area contributed by atoms with Crippen molar-refractivity contribution in [2.45, 2.75) is 25.4 Å². The summed E-state index contributed by atoms with van der Waals surface area (Å²) in [6, 6.07) is 5.91. The zero-order chi connectivity index (χ0) is 13.6. The van der Waals surface area contributed by atoms with E-state index in [4.69, 9.17) is 5.73 Å². The van der Waals surface area contributed by atoms with E-state index < -0.39 is 12.6 Å². The Morgan fingerprint density at radius 1 is 1.26 bits per heavy atom. The number of hydrogen-bond acceptors (Lipinski definition) is 2. The molecule has 0 aliphatic carbocycles. The molecule has 0 fully saturated rings. The summed E-state index contributed by atoms with van der Waals surface area (Å²) in [4.78, 5) is 11.4. The Hall–Kier alpha value is -1.27. The molecule has 3 N–H and O–H groups in total. The predicted molar refractivity (Wildman–Crippen MR) is 70.4 cm³/mol. The van der Waals surface area contributed by atoms with E-state index in [1.807, 2.05) is 0 Å². The fraction of sp³-hybridized carbons (Fsp3) is 0.417. The summed E-state index contributed by atoms with van der Waals surface area (Å²) in [6.45, 7) is 0.373. The minimum absolute atomic E-state index is 0. The van der Waals surface area contributed by atoms with Crippen LogP contribution in [0.1, 0.15) is 18.4 Å². The minimum Gasteiger partial charge on any atom is -0.330 e. The summed E-state index contributed by atoms with van der Waals surface area (Å²) in [6.07, 6.45) is -4.64. The molecule has 0 radical (unpaired) electrons. The third-order valence-electron chi connectivity index (χ3n) is 2.29. The Morgan fingerprint density at radius 2 is 1.89 bits per heavy atom. The van der Waals surface area contributed by atoms with Gasteiger partial charge in [-0.1, -0.05) is 18.2 Å². The van der Waals surface area contributed by atoms with Crippen LogP contribution >= 0.6 is 12.4 Å². The van der Waals surface area contributed by atoms with Gasteiger partial charge in [-0.3, -0.25) is 4.79 Å². The van der Waals surface area contributed by atoms with Crippen LogP contribution in [-0.2, 0) is 11.2 Å². The van der Waals surface area contributed by atoms with Gasteiger partial charge in [0.05, 0.1) is 6.42 Å². The smallest absolute Gasteiger partial charge is 0.330 e. The molecular weight excluding hydrogens is 281 g/mol. The van der Waals surface area contributed by atoms with Gasteiger partial charge in [0.1, 0.15) is 0 Å². The number of anilines is 1. The van der Waals surface area contributed by atoms with Crippen molar-refractivity contribution in [3.63, 3.8) is 0 Å². The molecule has 108 valence electrons. The van der Waals surface area contributed by atoms with Crippen molar-refractivity contribution in [1.82, 2.24) is 0 Å². The van der Waals surface area contributed by atoms with Crippen molar-refractivity contribution in [3.8, 4) is 0 Å². The first kappa shape index (κ1) is 17.7. The van der Waals surface area contributed by atoms with Gasteiger partial charge in [0.2, 0.25) is 5.91 Å². The topological polar surface area (TPSA) is 55.1 Å². The van der Waals surface area contributed by atoms with Crippen LogP contribution in [0.4, 0.5) is 18.9 Å². The molecule has 0 saturated carbocycles. The number of carbonyl (C=O) groups is 1. The third-order valence-corrected chi connectivity index (χ3v) is 2.29. The Labute approximate surface area is 115 Å². The van der Waals surface area contributed by atoms with Gasteiger partial charge in [-0.05, 0) is 24.6 Å². The molecule has 0 atom stereocenters. The molecule has 0 saturated heterocycles. The lowest BCUT2D eigenvalue weighted by atomic mass is 10.1. The van der Waals surface area contributed by atoms with Crippen LogP contribution in [0, 0.1) is 0 Å². The van der Waals surface area contributed by atoms with E-state index in [9.17, 15) is 18.0 Å². The summed E-state index contributed by atoms with van der Waals surface area (Å²) >= 11 is 0. The largest absolute Gasteiger partial charge is 0.393 e. The standard InChI is InChI=1S/C12H15F3N2O.ClH/c13-12(14,15)8-9-4-1-2-5-10(9)17-11(18)6-3-7-16;/h1-2,4-5H,3,6-8,16H2,(H,17,18);1H. The van der Waals surface area contributed by atoms with Crippen LogP contribution in [0.2, 0.25) is 0 Å². The van der Waals surface area contributed by atoms with Crippen molar-refractivity contribution in [3.05, 3.63) is 29.8 Å². The van der Waals surface area contributed by atoms with Gasteiger partial charge in [-0.2, -0.15) is 13.2 Å². The molecule has 0 heterocycles. The first-order valence-electron chi connectivity index (χ1n) is 5.57. The minimum atomic E-state index is -4.29. The number of benzene rings is 1. The second-order valence-electron chi connectivity index (χ2n) is 3.89. The van der Waals surface area contributed by atoms with Gasteiger partial charge in [0.25, 0.3) is 0 Å². The summed E-state index contributed by atoms with van der Waals surface area (Å²) in [5, 5.41) is 2.47. The van der Waals surface area contributed by atoms with Crippen LogP contribution < -0.4 is 11.1 Å². The molecule has 0 bridgehead atoms. The first-order chi connectivity index (χ1) is 8.42. The Balaban J connectivity index is 0.00000324. The maximum absolute atomic E-state index is 12.3. The molecular formula is C12H16ClF3N2O. The molecule has 0 unspecified atom stereocenters. The fourth-order valence-corrected chi connectivity index (χ4v) is 1.49. The number of carbonyl (C=O) groups excluding carboxylic acids is 1. The maximum atomic E-state index is 12.3. The molecule has 1 rings (SSSR count). The lowest BCUT2D eigenvalue weighted by Gasteiger charge is -2.12. The van der Waals surface area contributed by atoms with Crippen molar-refractivity contribution in [1.29, 1.82) is 0 Å². The molecule has 19 heavy (non-hydrogen) atoms. The van der Waals surface area contributed by atoms with Crippen molar-refractivity contribution in [2.75, 3.05) is 11.9 Å². The highest BCUT2D eigenvalue weighted by atomic mass is 35.5. The summed E-state index contributed by atoms with van der Waals surface area (Å²) < 4.78 is 37.0. The van der Waals surface area contributed by atoms with E-state index >= 15 is 0 Å². The van der Waals surface area contributed by atoms with E-state index in [0.717, 1.165) is 0 Å². The number of rotatable bonds is 5. The number of nitrogens with two attached hydrogens (primary N) is 1. The molecule has 1 aromatic rings. The normalized spacial score (nSPS) is 10.7. The second-order valence-corrected chi connectivity index (χ2v) is 3.89. The van der Waals surface area contributed by atoms with Crippen molar-refractivity contribution < 1.29 is 18.0 Å². The number of amides is 1. The van der Waals surface area contributed by atoms with Gasteiger partial charge in [0, 0.05) is 12.1 Å².